The van der Waals surface area contributed by atoms with Crippen LogP contribution in [-0.2, 0) is 9.63 Å². The molecule has 1 fully saturated rings. The lowest BCUT2D eigenvalue weighted by Crippen LogP contribution is -2.34. The second-order valence-electron chi connectivity index (χ2n) is 5.00. The average Bonchev–Trinajstić information content (AvgIpc) is 2.39. The van der Waals surface area contributed by atoms with E-state index in [9.17, 15) is 4.79 Å². The SMILES string of the molecule is CC(N)CCN1OC(C)(C(C)C)CC1=O. The Morgan fingerprint density at radius 1 is 1.53 bits per heavy atom. The third-order valence-corrected chi connectivity index (χ3v) is 3.11. The Hall–Kier alpha value is -0.610. The summed E-state index contributed by atoms with van der Waals surface area (Å²) in [6.07, 6.45) is 1.25. The van der Waals surface area contributed by atoms with Gasteiger partial charge in [0.25, 0.3) is 0 Å². The molecule has 4 nitrogen and oxygen atoms in total. The van der Waals surface area contributed by atoms with Crippen molar-refractivity contribution in [1.29, 1.82) is 0 Å². The van der Waals surface area contributed by atoms with Gasteiger partial charge in [-0.05, 0) is 26.2 Å². The lowest BCUT2D eigenvalue weighted by atomic mass is 9.90. The van der Waals surface area contributed by atoms with Crippen molar-refractivity contribution in [1.82, 2.24) is 5.06 Å². The zero-order valence-corrected chi connectivity index (χ0v) is 10.1. The first-order valence-electron chi connectivity index (χ1n) is 5.60. The minimum atomic E-state index is -0.338. The van der Waals surface area contributed by atoms with Gasteiger partial charge in [-0.2, -0.15) is 0 Å². The summed E-state index contributed by atoms with van der Waals surface area (Å²) in [5, 5.41) is 1.48. The molecule has 1 saturated heterocycles. The minimum Gasteiger partial charge on any atom is -0.328 e. The van der Waals surface area contributed by atoms with Gasteiger partial charge in [-0.25, -0.2) is 5.06 Å². The molecule has 0 aromatic carbocycles. The first-order chi connectivity index (χ1) is 6.85. The summed E-state index contributed by atoms with van der Waals surface area (Å²) in [5.41, 5.74) is 5.31. The lowest BCUT2D eigenvalue weighted by molar-refractivity contribution is -0.205. The minimum absolute atomic E-state index is 0.0758. The monoisotopic (exact) mass is 214 g/mol. The van der Waals surface area contributed by atoms with Gasteiger partial charge in [0.2, 0.25) is 5.91 Å². The number of nitrogens with zero attached hydrogens (tertiary/aromatic N) is 1. The highest BCUT2D eigenvalue weighted by molar-refractivity contribution is 5.77. The smallest absolute Gasteiger partial charge is 0.249 e. The molecule has 4 heteroatoms. The molecule has 1 rings (SSSR count). The van der Waals surface area contributed by atoms with Crippen LogP contribution >= 0.6 is 0 Å². The van der Waals surface area contributed by atoms with Gasteiger partial charge < -0.3 is 5.73 Å². The molecule has 0 bridgehead atoms. The normalized spacial score (nSPS) is 28.9. The lowest BCUT2D eigenvalue weighted by Gasteiger charge is -2.27. The van der Waals surface area contributed by atoms with E-state index in [0.717, 1.165) is 6.42 Å². The number of rotatable bonds is 4. The summed E-state index contributed by atoms with van der Waals surface area (Å²) >= 11 is 0. The van der Waals surface area contributed by atoms with E-state index < -0.39 is 0 Å². The Balaban J connectivity index is 2.53. The number of amides is 1. The zero-order chi connectivity index (χ0) is 11.6. The van der Waals surface area contributed by atoms with E-state index >= 15 is 0 Å². The fraction of sp³-hybridized carbons (Fsp3) is 0.909. The van der Waals surface area contributed by atoms with E-state index in [-0.39, 0.29) is 17.6 Å². The molecule has 0 aliphatic carbocycles. The fourth-order valence-corrected chi connectivity index (χ4v) is 1.52. The Bertz CT molecular complexity index is 241. The van der Waals surface area contributed by atoms with Crippen molar-refractivity contribution < 1.29 is 9.63 Å². The molecule has 2 atom stereocenters. The van der Waals surface area contributed by atoms with Gasteiger partial charge in [0.05, 0.1) is 13.0 Å². The van der Waals surface area contributed by atoms with Crippen molar-refractivity contribution in [2.45, 2.75) is 52.2 Å². The standard InChI is InChI=1S/C11H22N2O2/c1-8(2)11(4)7-10(14)13(15-11)6-5-9(3)12/h8-9H,5-7,12H2,1-4H3. The Labute approximate surface area is 91.7 Å². The van der Waals surface area contributed by atoms with Gasteiger partial charge in [-0.15, -0.1) is 0 Å². The van der Waals surface area contributed by atoms with Crippen LogP contribution in [0.15, 0.2) is 0 Å². The van der Waals surface area contributed by atoms with Crippen LogP contribution in [0.4, 0.5) is 0 Å². The summed E-state index contributed by atoms with van der Waals surface area (Å²) in [6.45, 7) is 8.66. The van der Waals surface area contributed by atoms with E-state index in [1.165, 1.54) is 5.06 Å². The summed E-state index contributed by atoms with van der Waals surface area (Å²) < 4.78 is 0. The second kappa shape index (κ2) is 4.49. The first kappa shape index (κ1) is 12.5. The number of hydrogen-bond donors (Lipinski definition) is 1. The Morgan fingerprint density at radius 3 is 2.53 bits per heavy atom. The Kier molecular flexibility index (Phi) is 3.73. The molecule has 1 aliphatic heterocycles. The highest BCUT2D eigenvalue weighted by Gasteiger charge is 2.43. The van der Waals surface area contributed by atoms with Crippen molar-refractivity contribution in [3.05, 3.63) is 0 Å². The van der Waals surface area contributed by atoms with Crippen LogP contribution in [0.1, 0.15) is 40.5 Å². The molecule has 2 N–H and O–H groups in total. The summed E-state index contributed by atoms with van der Waals surface area (Å²) in [6, 6.07) is 0.104. The van der Waals surface area contributed by atoms with Gasteiger partial charge in [-0.1, -0.05) is 13.8 Å². The molecule has 1 heterocycles. The van der Waals surface area contributed by atoms with Gasteiger partial charge in [0, 0.05) is 6.04 Å². The maximum atomic E-state index is 11.7. The molecule has 0 radical (unpaired) electrons. The van der Waals surface area contributed by atoms with Crippen molar-refractivity contribution in [3.8, 4) is 0 Å². The summed E-state index contributed by atoms with van der Waals surface area (Å²) in [7, 11) is 0. The van der Waals surface area contributed by atoms with Gasteiger partial charge in [0.1, 0.15) is 5.60 Å². The highest BCUT2D eigenvalue weighted by Crippen LogP contribution is 2.33. The summed E-state index contributed by atoms with van der Waals surface area (Å²) in [4.78, 5) is 17.4. The fourth-order valence-electron chi connectivity index (χ4n) is 1.52. The van der Waals surface area contributed by atoms with Crippen LogP contribution < -0.4 is 5.73 Å². The van der Waals surface area contributed by atoms with Crippen molar-refractivity contribution in [2.75, 3.05) is 6.54 Å². The third-order valence-electron chi connectivity index (χ3n) is 3.11. The molecule has 0 aromatic rings. The molecule has 1 amide bonds. The Morgan fingerprint density at radius 2 is 2.13 bits per heavy atom. The van der Waals surface area contributed by atoms with Crippen molar-refractivity contribution in [3.63, 3.8) is 0 Å². The molecule has 15 heavy (non-hydrogen) atoms. The third kappa shape index (κ3) is 2.92. The van der Waals surface area contributed by atoms with Crippen molar-refractivity contribution >= 4 is 5.91 Å². The van der Waals surface area contributed by atoms with Crippen LogP contribution in [0, 0.1) is 5.92 Å². The topological polar surface area (TPSA) is 55.6 Å². The van der Waals surface area contributed by atoms with E-state index in [1.54, 1.807) is 0 Å². The predicted octanol–water partition coefficient (Wildman–Crippen LogP) is 1.30. The molecule has 0 spiro atoms. The predicted molar refractivity (Wildman–Crippen MR) is 58.9 cm³/mol. The zero-order valence-electron chi connectivity index (χ0n) is 10.1. The van der Waals surface area contributed by atoms with E-state index in [4.69, 9.17) is 10.6 Å². The molecule has 0 aromatic heterocycles. The quantitative estimate of drug-likeness (QED) is 0.767. The maximum absolute atomic E-state index is 11.7. The van der Waals surface area contributed by atoms with Gasteiger partial charge in [-0.3, -0.25) is 9.63 Å². The molecule has 88 valence electrons. The van der Waals surface area contributed by atoms with E-state index in [1.807, 2.05) is 13.8 Å². The number of carbonyl (C=O) groups is 1. The maximum Gasteiger partial charge on any atom is 0.249 e. The largest absolute Gasteiger partial charge is 0.328 e. The number of carbonyl (C=O) groups excluding carboxylic acids is 1. The number of nitrogens with two attached hydrogens (primary N) is 1. The molecular weight excluding hydrogens is 192 g/mol. The second-order valence-corrected chi connectivity index (χ2v) is 5.00. The van der Waals surface area contributed by atoms with Crippen LogP contribution in [-0.4, -0.2) is 29.2 Å². The average molecular weight is 214 g/mol. The van der Waals surface area contributed by atoms with Gasteiger partial charge >= 0.3 is 0 Å². The molecule has 0 saturated carbocycles. The number of hydrogen-bond acceptors (Lipinski definition) is 3. The van der Waals surface area contributed by atoms with Gasteiger partial charge in [0.15, 0.2) is 0 Å². The summed E-state index contributed by atoms with van der Waals surface area (Å²) in [5.74, 6) is 0.411. The molecular formula is C11H22N2O2. The molecule has 1 aliphatic rings. The van der Waals surface area contributed by atoms with Crippen molar-refractivity contribution in [2.24, 2.45) is 11.7 Å². The van der Waals surface area contributed by atoms with Crippen LogP contribution in [0.25, 0.3) is 0 Å². The van der Waals surface area contributed by atoms with Crippen LogP contribution in [0.2, 0.25) is 0 Å². The van der Waals surface area contributed by atoms with Crippen LogP contribution in [0.3, 0.4) is 0 Å². The molecule has 2 unspecified atom stereocenters. The van der Waals surface area contributed by atoms with E-state index in [2.05, 4.69) is 13.8 Å². The highest BCUT2D eigenvalue weighted by atomic mass is 16.7. The van der Waals surface area contributed by atoms with Crippen LogP contribution in [0.5, 0.6) is 0 Å². The number of hydroxylamine groups is 2. The van der Waals surface area contributed by atoms with E-state index in [0.29, 0.717) is 18.9 Å². The first-order valence-corrected chi connectivity index (χ1v) is 5.60.